The Hall–Kier alpha value is -3.86. The van der Waals surface area contributed by atoms with Crippen LogP contribution in [-0.2, 0) is 44.6 Å². The molecule has 0 unspecified atom stereocenters. The molecule has 0 saturated carbocycles. The summed E-state index contributed by atoms with van der Waals surface area (Å²) >= 11 is 1.16. The molecular formula is C33H41N3O10S2. The molecule has 0 fully saturated rings. The molecule has 0 spiro atoms. The molecule has 0 saturated heterocycles. The number of aromatic nitrogens is 1. The van der Waals surface area contributed by atoms with Crippen molar-refractivity contribution in [3.05, 3.63) is 81.8 Å². The van der Waals surface area contributed by atoms with Crippen LogP contribution in [0.5, 0.6) is 0 Å². The van der Waals surface area contributed by atoms with Crippen molar-refractivity contribution < 1.29 is 46.4 Å². The number of aliphatic hydroxyl groups is 1. The lowest BCUT2D eigenvalue weighted by molar-refractivity contribution is -0.143. The van der Waals surface area contributed by atoms with Gasteiger partial charge in [-0.3, -0.25) is 23.4 Å². The molecule has 1 heterocycles. The van der Waals surface area contributed by atoms with Crippen LogP contribution in [0.1, 0.15) is 39.2 Å². The van der Waals surface area contributed by atoms with E-state index >= 15 is 0 Å². The number of thiazole rings is 1. The Labute approximate surface area is 284 Å². The van der Waals surface area contributed by atoms with Crippen molar-refractivity contribution in [2.24, 2.45) is 5.92 Å². The lowest BCUT2D eigenvalue weighted by atomic mass is 9.90. The number of methoxy groups -OCH3 is 2. The van der Waals surface area contributed by atoms with E-state index in [9.17, 15) is 32.7 Å². The summed E-state index contributed by atoms with van der Waals surface area (Å²) in [5.41, 5.74) is -0.880. The third kappa shape index (κ3) is 11.1. The second-order valence-electron chi connectivity index (χ2n) is 11.5. The van der Waals surface area contributed by atoms with Gasteiger partial charge in [0.25, 0.3) is 16.0 Å². The molecule has 0 aliphatic heterocycles. The van der Waals surface area contributed by atoms with Crippen LogP contribution in [-0.4, -0.2) is 93.6 Å². The zero-order chi connectivity index (χ0) is 35.5. The monoisotopic (exact) mass is 703 g/mol. The first-order valence-corrected chi connectivity index (χ1v) is 17.2. The molecule has 0 bridgehead atoms. The molecule has 0 aliphatic carbocycles. The molecule has 260 valence electrons. The average Bonchev–Trinajstić information content (AvgIpc) is 3.49. The van der Waals surface area contributed by atoms with Crippen molar-refractivity contribution in [2.45, 2.75) is 56.2 Å². The fourth-order valence-electron chi connectivity index (χ4n) is 4.65. The fraction of sp³-hybridized carbons (Fsp3) is 0.424. The second-order valence-corrected chi connectivity index (χ2v) is 14.3. The van der Waals surface area contributed by atoms with E-state index in [1.54, 1.807) is 56.3 Å². The van der Waals surface area contributed by atoms with E-state index in [2.05, 4.69) is 15.6 Å². The van der Waals surface area contributed by atoms with Gasteiger partial charge in [0.1, 0.15) is 23.1 Å². The smallest absolute Gasteiger partial charge is 0.297 e. The van der Waals surface area contributed by atoms with Crippen molar-refractivity contribution in [3.63, 3.8) is 0 Å². The van der Waals surface area contributed by atoms with Crippen LogP contribution in [0.25, 0.3) is 0 Å². The van der Waals surface area contributed by atoms with Crippen LogP contribution >= 0.6 is 11.3 Å². The highest BCUT2D eigenvalue weighted by Crippen LogP contribution is 2.20. The molecule has 48 heavy (non-hydrogen) atoms. The van der Waals surface area contributed by atoms with E-state index in [4.69, 9.17) is 13.7 Å². The molecule has 2 aromatic carbocycles. The number of aryl methyl sites for hydroxylation is 2. The van der Waals surface area contributed by atoms with Gasteiger partial charge < -0.3 is 25.2 Å². The minimum atomic E-state index is -4.32. The molecular weight excluding hydrogens is 663 g/mol. The Morgan fingerprint density at radius 3 is 2.17 bits per heavy atom. The Bertz CT molecular complexity index is 1660. The van der Waals surface area contributed by atoms with Crippen LogP contribution < -0.4 is 10.6 Å². The third-order valence-electron chi connectivity index (χ3n) is 7.31. The molecule has 3 N–H and O–H groups in total. The number of nitrogens with one attached hydrogen (secondary N) is 2. The number of benzene rings is 2. The standard InChI is InChI=1S/C33H41N3O10S2/c1-21-11-13-25(14-12-21)48(42,43)46-20-33(3,41)30(38)26(15-23-9-7-6-8-10-23)35-31(39)24(18-44-4)16-28(37)27(19-45-5)36-32(40)29-17-34-22(2)47-29/h6-14,17,24,26-27,41H,15-16,18-20H2,1-5H3,(H,35,39)(H,36,40)/t24-,26-,27-,33+/m0/s1. The number of ketones is 2. The number of rotatable bonds is 19. The van der Waals surface area contributed by atoms with Crippen LogP contribution in [0.3, 0.4) is 0 Å². The molecule has 3 aromatic rings. The predicted octanol–water partition coefficient (Wildman–Crippen LogP) is 2.18. The Morgan fingerprint density at radius 2 is 1.58 bits per heavy atom. The van der Waals surface area contributed by atoms with Crippen LogP contribution in [0, 0.1) is 19.8 Å². The summed E-state index contributed by atoms with van der Waals surface area (Å²) in [5.74, 6) is -3.78. The summed E-state index contributed by atoms with van der Waals surface area (Å²) in [6, 6.07) is 12.1. The number of hydrogen-bond donors (Lipinski definition) is 3. The van der Waals surface area contributed by atoms with Gasteiger partial charge in [-0.25, -0.2) is 4.98 Å². The number of nitrogens with zero attached hydrogens (tertiary/aromatic N) is 1. The number of ether oxygens (including phenoxy) is 2. The maximum absolute atomic E-state index is 13.8. The molecule has 3 rings (SSSR count). The van der Waals surface area contributed by atoms with Crippen molar-refractivity contribution in [3.8, 4) is 0 Å². The van der Waals surface area contributed by atoms with Crippen molar-refractivity contribution in [1.29, 1.82) is 0 Å². The van der Waals surface area contributed by atoms with Crippen LogP contribution in [0.15, 0.2) is 65.7 Å². The number of carbonyl (C=O) groups excluding carboxylic acids is 4. The van der Waals surface area contributed by atoms with Gasteiger partial charge >= 0.3 is 0 Å². The molecule has 1 aromatic heterocycles. The van der Waals surface area contributed by atoms with Gasteiger partial charge in [-0.05, 0) is 44.9 Å². The molecule has 15 heteroatoms. The zero-order valence-corrected chi connectivity index (χ0v) is 29.1. The number of carbonyl (C=O) groups is 4. The van der Waals surface area contributed by atoms with Crippen molar-refractivity contribution in [2.75, 3.05) is 34.0 Å². The first kappa shape index (κ1) is 38.6. The number of amides is 2. The minimum Gasteiger partial charge on any atom is -0.384 e. The van der Waals surface area contributed by atoms with Crippen LogP contribution in [0.2, 0.25) is 0 Å². The predicted molar refractivity (Wildman–Crippen MR) is 177 cm³/mol. The summed E-state index contributed by atoms with van der Waals surface area (Å²) in [6.45, 7) is 3.34. The summed E-state index contributed by atoms with van der Waals surface area (Å²) in [7, 11) is -1.61. The highest BCUT2D eigenvalue weighted by atomic mass is 32.2. The van der Waals surface area contributed by atoms with Gasteiger partial charge in [0.05, 0.1) is 41.3 Å². The highest BCUT2D eigenvalue weighted by Gasteiger charge is 2.40. The lowest BCUT2D eigenvalue weighted by Gasteiger charge is -2.29. The van der Waals surface area contributed by atoms with E-state index in [0.717, 1.165) is 23.8 Å². The maximum Gasteiger partial charge on any atom is 0.297 e. The largest absolute Gasteiger partial charge is 0.384 e. The second kappa shape index (κ2) is 17.5. The van der Waals surface area contributed by atoms with E-state index in [1.165, 1.54) is 32.5 Å². The fourth-order valence-corrected chi connectivity index (χ4v) is 6.32. The molecule has 13 nitrogen and oxygen atoms in total. The Kier molecular flexibility index (Phi) is 14.1. The molecule has 0 radical (unpaired) electrons. The van der Waals surface area contributed by atoms with E-state index in [0.29, 0.717) is 15.4 Å². The molecule has 2 amide bonds. The zero-order valence-electron chi connectivity index (χ0n) is 27.4. The van der Waals surface area contributed by atoms with Gasteiger partial charge in [-0.15, -0.1) is 11.3 Å². The van der Waals surface area contributed by atoms with E-state index in [1.807, 2.05) is 0 Å². The van der Waals surface area contributed by atoms with Crippen LogP contribution in [0.4, 0.5) is 0 Å². The first-order chi connectivity index (χ1) is 22.7. The summed E-state index contributed by atoms with van der Waals surface area (Å²) in [4.78, 5) is 57.7. The lowest BCUT2D eigenvalue weighted by Crippen LogP contribution is -2.55. The van der Waals surface area contributed by atoms with Gasteiger partial charge in [-0.2, -0.15) is 8.42 Å². The first-order valence-electron chi connectivity index (χ1n) is 15.0. The molecule has 4 atom stereocenters. The normalized spacial score (nSPS) is 14.7. The number of Topliss-reactive ketones (excluding diaryl/α,β-unsaturated/α-hetero) is 2. The van der Waals surface area contributed by atoms with E-state index < -0.39 is 63.7 Å². The quantitative estimate of drug-likeness (QED) is 0.155. The third-order valence-corrected chi connectivity index (χ3v) is 9.50. The van der Waals surface area contributed by atoms with Gasteiger partial charge in [0.15, 0.2) is 11.6 Å². The molecule has 0 aliphatic rings. The van der Waals surface area contributed by atoms with Crippen molar-refractivity contribution in [1.82, 2.24) is 15.6 Å². The highest BCUT2D eigenvalue weighted by molar-refractivity contribution is 7.86. The average molecular weight is 704 g/mol. The summed E-state index contributed by atoms with van der Waals surface area (Å²) in [5, 5.41) is 17.1. The van der Waals surface area contributed by atoms with Crippen molar-refractivity contribution >= 4 is 44.8 Å². The summed E-state index contributed by atoms with van der Waals surface area (Å²) in [6.07, 6.45) is 0.958. The topological polar surface area (TPSA) is 187 Å². The maximum atomic E-state index is 13.8. The van der Waals surface area contributed by atoms with Gasteiger partial charge in [0, 0.05) is 20.6 Å². The van der Waals surface area contributed by atoms with Gasteiger partial charge in [0.2, 0.25) is 5.91 Å². The van der Waals surface area contributed by atoms with Gasteiger partial charge in [-0.1, -0.05) is 48.0 Å². The van der Waals surface area contributed by atoms with E-state index in [-0.39, 0.29) is 31.0 Å². The SMILES string of the molecule is COC[C@H](CC(=O)[C@H](COC)NC(=O)c1cnc(C)s1)C(=O)N[C@@H](Cc1ccccc1)C(=O)[C@](C)(O)COS(=O)(=O)c1ccc(C)cc1. The Balaban J connectivity index is 1.78. The number of hydrogen-bond acceptors (Lipinski definition) is 12. The minimum absolute atomic E-state index is 0.0590. The summed E-state index contributed by atoms with van der Waals surface area (Å²) < 4.78 is 41.0. The Morgan fingerprint density at radius 1 is 0.938 bits per heavy atom.